The first-order valence-electron chi connectivity index (χ1n) is 6.08. The lowest BCUT2D eigenvalue weighted by Gasteiger charge is -2.11. The van der Waals surface area contributed by atoms with Crippen LogP contribution in [0.15, 0.2) is 40.1 Å². The molecule has 0 saturated carbocycles. The van der Waals surface area contributed by atoms with Gasteiger partial charge >= 0.3 is 0 Å². The minimum absolute atomic E-state index is 0.0168. The SMILES string of the molecule is Cc1cc(O)cc(S(=O)(=O)c2cc(C)cc(O)c2C)c1. The second-order valence-electron chi connectivity index (χ2n) is 4.91. The van der Waals surface area contributed by atoms with Crippen LogP contribution in [0.5, 0.6) is 11.5 Å². The number of hydrogen-bond donors (Lipinski definition) is 2. The fourth-order valence-electron chi connectivity index (χ4n) is 2.10. The Balaban J connectivity index is 2.73. The van der Waals surface area contributed by atoms with Gasteiger partial charge in [-0.05, 0) is 62.2 Å². The maximum Gasteiger partial charge on any atom is 0.207 e. The van der Waals surface area contributed by atoms with E-state index in [4.69, 9.17) is 0 Å². The number of phenolic OH excluding ortho intramolecular Hbond substituents is 2. The van der Waals surface area contributed by atoms with Crippen LogP contribution >= 0.6 is 0 Å². The van der Waals surface area contributed by atoms with Gasteiger partial charge in [0.25, 0.3) is 0 Å². The molecule has 0 unspecified atom stereocenters. The monoisotopic (exact) mass is 292 g/mol. The Bertz CT molecular complexity index is 756. The van der Waals surface area contributed by atoms with Gasteiger partial charge in [-0.2, -0.15) is 0 Å². The van der Waals surface area contributed by atoms with E-state index in [-0.39, 0.29) is 21.3 Å². The van der Waals surface area contributed by atoms with Crippen molar-refractivity contribution in [1.82, 2.24) is 0 Å². The first-order valence-corrected chi connectivity index (χ1v) is 7.56. The van der Waals surface area contributed by atoms with Gasteiger partial charge in [-0.15, -0.1) is 0 Å². The van der Waals surface area contributed by atoms with E-state index in [1.807, 2.05) is 0 Å². The van der Waals surface area contributed by atoms with Crippen molar-refractivity contribution < 1.29 is 18.6 Å². The molecule has 0 radical (unpaired) electrons. The Morgan fingerprint density at radius 1 is 0.850 bits per heavy atom. The molecule has 0 atom stereocenters. The highest BCUT2D eigenvalue weighted by Crippen LogP contribution is 2.32. The molecule has 0 aliphatic heterocycles. The molecule has 0 aromatic heterocycles. The Labute approximate surface area is 118 Å². The first kappa shape index (κ1) is 14.4. The van der Waals surface area contributed by atoms with Crippen molar-refractivity contribution >= 4 is 9.84 Å². The molecule has 20 heavy (non-hydrogen) atoms. The van der Waals surface area contributed by atoms with Crippen LogP contribution < -0.4 is 0 Å². The molecule has 0 aliphatic carbocycles. The minimum Gasteiger partial charge on any atom is -0.508 e. The third-order valence-electron chi connectivity index (χ3n) is 3.11. The lowest BCUT2D eigenvalue weighted by molar-refractivity contribution is 0.467. The molecular weight excluding hydrogens is 276 g/mol. The fourth-order valence-corrected chi connectivity index (χ4v) is 3.82. The molecule has 2 rings (SSSR count). The summed E-state index contributed by atoms with van der Waals surface area (Å²) in [7, 11) is -3.78. The van der Waals surface area contributed by atoms with Crippen LogP contribution in [0.25, 0.3) is 0 Å². The molecule has 5 heteroatoms. The number of sulfone groups is 1. The van der Waals surface area contributed by atoms with Gasteiger partial charge in [0.15, 0.2) is 0 Å². The molecule has 4 nitrogen and oxygen atoms in total. The zero-order valence-electron chi connectivity index (χ0n) is 11.5. The van der Waals surface area contributed by atoms with Crippen molar-refractivity contribution in [1.29, 1.82) is 0 Å². The zero-order chi connectivity index (χ0) is 15.1. The molecule has 0 fully saturated rings. The third-order valence-corrected chi connectivity index (χ3v) is 4.97. The summed E-state index contributed by atoms with van der Waals surface area (Å²) in [5.41, 5.74) is 1.61. The van der Waals surface area contributed by atoms with Crippen molar-refractivity contribution in [3.63, 3.8) is 0 Å². The molecule has 2 aromatic rings. The Kier molecular flexibility index (Phi) is 3.48. The average molecular weight is 292 g/mol. The first-order chi connectivity index (χ1) is 9.21. The third kappa shape index (κ3) is 2.49. The Morgan fingerprint density at radius 3 is 2.05 bits per heavy atom. The van der Waals surface area contributed by atoms with Gasteiger partial charge in [0.2, 0.25) is 9.84 Å². The normalized spacial score (nSPS) is 11.6. The van der Waals surface area contributed by atoms with E-state index in [1.54, 1.807) is 20.8 Å². The summed E-state index contributed by atoms with van der Waals surface area (Å²) in [6.45, 7) is 4.97. The lowest BCUT2D eigenvalue weighted by Crippen LogP contribution is -2.05. The highest BCUT2D eigenvalue weighted by Gasteiger charge is 2.22. The predicted molar refractivity (Wildman–Crippen MR) is 75.9 cm³/mol. The van der Waals surface area contributed by atoms with Gasteiger partial charge in [0.05, 0.1) is 9.79 Å². The van der Waals surface area contributed by atoms with Crippen LogP contribution in [0.2, 0.25) is 0 Å². The van der Waals surface area contributed by atoms with Crippen molar-refractivity contribution in [3.8, 4) is 11.5 Å². The van der Waals surface area contributed by atoms with Gasteiger partial charge in [-0.3, -0.25) is 0 Å². The van der Waals surface area contributed by atoms with Crippen LogP contribution in [0.3, 0.4) is 0 Å². The van der Waals surface area contributed by atoms with E-state index in [0.717, 1.165) is 0 Å². The lowest BCUT2D eigenvalue weighted by atomic mass is 10.1. The Hall–Kier alpha value is -2.01. The summed E-state index contributed by atoms with van der Waals surface area (Å²) >= 11 is 0. The van der Waals surface area contributed by atoms with Crippen LogP contribution in [-0.4, -0.2) is 18.6 Å². The van der Waals surface area contributed by atoms with Crippen molar-refractivity contribution in [2.24, 2.45) is 0 Å². The van der Waals surface area contributed by atoms with Crippen molar-refractivity contribution in [2.45, 2.75) is 30.6 Å². The second-order valence-corrected chi connectivity index (χ2v) is 6.83. The minimum atomic E-state index is -3.78. The molecule has 0 saturated heterocycles. The number of aromatic hydroxyl groups is 2. The standard InChI is InChI=1S/C15H16O4S/c1-9-4-12(16)8-13(5-9)20(18,19)15-7-10(2)6-14(17)11(15)3/h4-8,16-17H,1-3H3. The summed E-state index contributed by atoms with van der Waals surface area (Å²) in [4.78, 5) is 0.0723. The summed E-state index contributed by atoms with van der Waals surface area (Å²) in [5, 5.41) is 19.4. The molecule has 0 heterocycles. The fraction of sp³-hybridized carbons (Fsp3) is 0.200. The second kappa shape index (κ2) is 4.83. The molecule has 2 aromatic carbocycles. The summed E-state index contributed by atoms with van der Waals surface area (Å²) in [6, 6.07) is 7.22. The van der Waals surface area contributed by atoms with Crippen LogP contribution in [-0.2, 0) is 9.84 Å². The molecule has 2 N–H and O–H groups in total. The highest BCUT2D eigenvalue weighted by atomic mass is 32.2. The maximum absolute atomic E-state index is 12.6. The van der Waals surface area contributed by atoms with Crippen molar-refractivity contribution in [3.05, 3.63) is 47.0 Å². The number of aryl methyl sites for hydroxylation is 2. The quantitative estimate of drug-likeness (QED) is 0.892. The summed E-state index contributed by atoms with van der Waals surface area (Å²) < 4.78 is 25.3. The molecule has 0 amide bonds. The van der Waals surface area contributed by atoms with E-state index in [0.29, 0.717) is 16.7 Å². The van der Waals surface area contributed by atoms with Crippen LogP contribution in [0.4, 0.5) is 0 Å². The van der Waals surface area contributed by atoms with Gasteiger partial charge in [-0.25, -0.2) is 8.42 Å². The highest BCUT2D eigenvalue weighted by molar-refractivity contribution is 7.91. The topological polar surface area (TPSA) is 74.6 Å². The van der Waals surface area contributed by atoms with Crippen molar-refractivity contribution in [2.75, 3.05) is 0 Å². The van der Waals surface area contributed by atoms with E-state index < -0.39 is 9.84 Å². The smallest absolute Gasteiger partial charge is 0.207 e. The zero-order valence-corrected chi connectivity index (χ0v) is 12.3. The molecular formula is C15H16O4S. The molecule has 0 bridgehead atoms. The Morgan fingerprint density at radius 2 is 1.45 bits per heavy atom. The predicted octanol–water partition coefficient (Wildman–Crippen LogP) is 2.86. The van der Waals surface area contributed by atoms with Crippen LogP contribution in [0.1, 0.15) is 16.7 Å². The van der Waals surface area contributed by atoms with Gasteiger partial charge in [0.1, 0.15) is 11.5 Å². The molecule has 106 valence electrons. The number of rotatable bonds is 2. The average Bonchev–Trinajstić information content (AvgIpc) is 2.32. The summed E-state index contributed by atoms with van der Waals surface area (Å²) in [5.74, 6) is -0.154. The van der Waals surface area contributed by atoms with E-state index in [1.165, 1.54) is 30.3 Å². The van der Waals surface area contributed by atoms with E-state index in [9.17, 15) is 18.6 Å². The maximum atomic E-state index is 12.6. The number of phenols is 2. The largest absolute Gasteiger partial charge is 0.508 e. The van der Waals surface area contributed by atoms with E-state index >= 15 is 0 Å². The van der Waals surface area contributed by atoms with Crippen LogP contribution in [0, 0.1) is 20.8 Å². The molecule has 0 spiro atoms. The van der Waals surface area contributed by atoms with Gasteiger partial charge in [-0.1, -0.05) is 0 Å². The number of hydrogen-bond acceptors (Lipinski definition) is 4. The van der Waals surface area contributed by atoms with E-state index in [2.05, 4.69) is 0 Å². The molecule has 0 aliphatic rings. The van der Waals surface area contributed by atoms with Gasteiger partial charge < -0.3 is 10.2 Å². The number of benzene rings is 2. The van der Waals surface area contributed by atoms with Gasteiger partial charge in [0, 0.05) is 5.56 Å². The summed E-state index contributed by atoms with van der Waals surface area (Å²) in [6.07, 6.45) is 0.